The first-order chi connectivity index (χ1) is 20.6. The van der Waals surface area contributed by atoms with Crippen molar-refractivity contribution >= 4 is 43.4 Å². The second kappa shape index (κ2) is 8.37. The van der Waals surface area contributed by atoms with Crippen LogP contribution < -0.4 is 0 Å². The predicted octanol–water partition coefficient (Wildman–Crippen LogP) is 9.85. The minimum atomic E-state index is -0.0726. The first kappa shape index (κ1) is 23.4. The molecular formula is C39H27N3. The molecule has 0 bridgehead atoms. The Balaban J connectivity index is 1.30. The Hall–Kier alpha value is -5.28. The Morgan fingerprint density at radius 1 is 0.500 bits per heavy atom. The van der Waals surface area contributed by atoms with E-state index in [1.807, 2.05) is 0 Å². The van der Waals surface area contributed by atoms with Gasteiger partial charge in [0.15, 0.2) is 5.82 Å². The fourth-order valence-corrected chi connectivity index (χ4v) is 7.20. The Kier molecular flexibility index (Phi) is 4.67. The molecule has 2 heterocycles. The highest BCUT2D eigenvalue weighted by Gasteiger charge is 2.35. The highest BCUT2D eigenvalue weighted by Crippen LogP contribution is 2.49. The van der Waals surface area contributed by atoms with Crippen molar-refractivity contribution in [2.45, 2.75) is 19.3 Å². The molecule has 2 aromatic heterocycles. The zero-order chi connectivity index (χ0) is 28.0. The molecule has 3 heteroatoms. The van der Waals surface area contributed by atoms with Gasteiger partial charge in [-0.05, 0) is 57.3 Å². The van der Waals surface area contributed by atoms with E-state index in [0.29, 0.717) is 0 Å². The summed E-state index contributed by atoms with van der Waals surface area (Å²) in [5.41, 5.74) is 9.56. The minimum absolute atomic E-state index is 0.0726. The van der Waals surface area contributed by atoms with E-state index in [4.69, 9.17) is 10.2 Å². The molecule has 0 spiro atoms. The molecule has 0 saturated carbocycles. The fourth-order valence-electron chi connectivity index (χ4n) is 7.20. The number of hydrogen-bond donors (Lipinski definition) is 0. The van der Waals surface area contributed by atoms with Crippen LogP contribution in [0, 0.1) is 0 Å². The Morgan fingerprint density at radius 3 is 2.02 bits per heavy atom. The van der Waals surface area contributed by atoms with Crippen LogP contribution in [0.5, 0.6) is 0 Å². The molecule has 1 aliphatic rings. The SMILES string of the molecule is CC1(C)c2ccccc2-c2ccc(-c3nnc(-n4c5ccccc5c5cc6ccccc6cc54)c4ccccc34)cc21. The highest BCUT2D eigenvalue weighted by atomic mass is 15.2. The van der Waals surface area contributed by atoms with Gasteiger partial charge in [0.05, 0.1) is 11.0 Å². The van der Waals surface area contributed by atoms with Crippen LogP contribution in [0.3, 0.4) is 0 Å². The van der Waals surface area contributed by atoms with Crippen molar-refractivity contribution in [2.24, 2.45) is 0 Å². The smallest absolute Gasteiger partial charge is 0.168 e. The number of nitrogens with zero attached hydrogens (tertiary/aromatic N) is 3. The molecule has 6 aromatic carbocycles. The van der Waals surface area contributed by atoms with Gasteiger partial charge in [-0.3, -0.25) is 4.57 Å². The van der Waals surface area contributed by atoms with E-state index in [2.05, 4.69) is 146 Å². The monoisotopic (exact) mass is 537 g/mol. The summed E-state index contributed by atoms with van der Waals surface area (Å²) in [5.74, 6) is 0.852. The summed E-state index contributed by atoms with van der Waals surface area (Å²) < 4.78 is 2.29. The van der Waals surface area contributed by atoms with Gasteiger partial charge in [-0.25, -0.2) is 0 Å². The molecule has 9 rings (SSSR count). The summed E-state index contributed by atoms with van der Waals surface area (Å²) in [6.45, 7) is 4.64. The van der Waals surface area contributed by atoms with Crippen LogP contribution in [-0.4, -0.2) is 14.8 Å². The average Bonchev–Trinajstić information content (AvgIpc) is 3.47. The minimum Gasteiger partial charge on any atom is -0.292 e. The van der Waals surface area contributed by atoms with E-state index in [-0.39, 0.29) is 5.41 Å². The van der Waals surface area contributed by atoms with Crippen LogP contribution in [-0.2, 0) is 5.41 Å². The first-order valence-electron chi connectivity index (χ1n) is 14.5. The molecule has 0 unspecified atom stereocenters. The van der Waals surface area contributed by atoms with Crippen LogP contribution in [0.1, 0.15) is 25.0 Å². The van der Waals surface area contributed by atoms with Crippen molar-refractivity contribution in [2.75, 3.05) is 0 Å². The summed E-state index contributed by atoms with van der Waals surface area (Å²) in [7, 11) is 0. The number of para-hydroxylation sites is 1. The van der Waals surface area contributed by atoms with Crippen molar-refractivity contribution in [3.63, 3.8) is 0 Å². The molecule has 0 atom stereocenters. The lowest BCUT2D eigenvalue weighted by Gasteiger charge is -2.22. The van der Waals surface area contributed by atoms with Gasteiger partial charge >= 0.3 is 0 Å². The van der Waals surface area contributed by atoms with Gasteiger partial charge in [0, 0.05) is 32.5 Å². The van der Waals surface area contributed by atoms with Gasteiger partial charge in [0.25, 0.3) is 0 Å². The van der Waals surface area contributed by atoms with Crippen LogP contribution in [0.25, 0.3) is 71.6 Å². The molecular weight excluding hydrogens is 510 g/mol. The topological polar surface area (TPSA) is 30.7 Å². The molecule has 42 heavy (non-hydrogen) atoms. The van der Waals surface area contributed by atoms with E-state index < -0.39 is 0 Å². The summed E-state index contributed by atoms with van der Waals surface area (Å²) >= 11 is 0. The van der Waals surface area contributed by atoms with E-state index in [1.165, 1.54) is 43.8 Å². The molecule has 0 radical (unpaired) electrons. The van der Waals surface area contributed by atoms with E-state index in [1.54, 1.807) is 0 Å². The lowest BCUT2D eigenvalue weighted by Crippen LogP contribution is -2.15. The Morgan fingerprint density at radius 2 is 1.17 bits per heavy atom. The zero-order valence-electron chi connectivity index (χ0n) is 23.5. The normalized spacial score (nSPS) is 13.7. The van der Waals surface area contributed by atoms with E-state index in [9.17, 15) is 0 Å². The third kappa shape index (κ3) is 3.11. The van der Waals surface area contributed by atoms with Crippen molar-refractivity contribution in [1.29, 1.82) is 0 Å². The summed E-state index contributed by atoms with van der Waals surface area (Å²) in [6.07, 6.45) is 0. The molecule has 0 amide bonds. The first-order valence-corrected chi connectivity index (χ1v) is 14.5. The summed E-state index contributed by atoms with van der Waals surface area (Å²) in [4.78, 5) is 0. The fraction of sp³-hybridized carbons (Fsp3) is 0.0769. The maximum atomic E-state index is 4.99. The van der Waals surface area contributed by atoms with E-state index in [0.717, 1.165) is 38.9 Å². The van der Waals surface area contributed by atoms with Crippen LogP contribution in [0.2, 0.25) is 0 Å². The molecule has 1 aliphatic carbocycles. The van der Waals surface area contributed by atoms with Crippen LogP contribution in [0.4, 0.5) is 0 Å². The van der Waals surface area contributed by atoms with E-state index >= 15 is 0 Å². The van der Waals surface area contributed by atoms with Crippen molar-refractivity contribution in [1.82, 2.24) is 14.8 Å². The predicted molar refractivity (Wildman–Crippen MR) is 174 cm³/mol. The van der Waals surface area contributed by atoms with Crippen LogP contribution >= 0.6 is 0 Å². The molecule has 0 aliphatic heterocycles. The highest BCUT2D eigenvalue weighted by molar-refractivity contribution is 6.14. The standard InChI is InChI=1S/C39H27N3/c1-39(2)33-17-9-7-13-27(33)28-20-19-26(22-34(28)39)37-30-15-5-6-16-31(30)38(41-40-37)42-35-18-10-8-14-29(35)32-21-24-11-3-4-12-25(24)23-36(32)42/h3-23H,1-2H3. The largest absolute Gasteiger partial charge is 0.292 e. The maximum Gasteiger partial charge on any atom is 0.168 e. The number of hydrogen-bond acceptors (Lipinski definition) is 2. The van der Waals surface area contributed by atoms with Gasteiger partial charge in [-0.1, -0.05) is 117 Å². The molecule has 8 aromatic rings. The molecule has 0 fully saturated rings. The Bertz CT molecular complexity index is 2390. The third-order valence-electron chi connectivity index (χ3n) is 9.28. The van der Waals surface area contributed by atoms with Gasteiger partial charge < -0.3 is 0 Å². The summed E-state index contributed by atoms with van der Waals surface area (Å²) in [6, 6.07) is 45.9. The van der Waals surface area contributed by atoms with Crippen LogP contribution in [0.15, 0.2) is 127 Å². The average molecular weight is 538 g/mol. The number of benzene rings is 6. The molecule has 198 valence electrons. The second-order valence-electron chi connectivity index (χ2n) is 11.9. The lowest BCUT2D eigenvalue weighted by atomic mass is 9.82. The van der Waals surface area contributed by atoms with Gasteiger partial charge in [-0.15, -0.1) is 10.2 Å². The van der Waals surface area contributed by atoms with Gasteiger partial charge in [0.2, 0.25) is 0 Å². The molecule has 3 nitrogen and oxygen atoms in total. The van der Waals surface area contributed by atoms with Crippen molar-refractivity contribution in [3.05, 3.63) is 139 Å². The maximum absolute atomic E-state index is 4.99. The number of aromatic nitrogens is 3. The Labute approximate surface area is 243 Å². The zero-order valence-corrected chi connectivity index (χ0v) is 23.5. The van der Waals surface area contributed by atoms with Gasteiger partial charge in [0.1, 0.15) is 5.69 Å². The second-order valence-corrected chi connectivity index (χ2v) is 11.9. The third-order valence-corrected chi connectivity index (χ3v) is 9.28. The summed E-state index contributed by atoms with van der Waals surface area (Å²) in [5, 5.41) is 17.0. The number of fused-ring (bicyclic) bond motifs is 8. The molecule has 0 N–H and O–H groups in total. The van der Waals surface area contributed by atoms with Crippen molar-refractivity contribution in [3.8, 4) is 28.2 Å². The van der Waals surface area contributed by atoms with Crippen molar-refractivity contribution < 1.29 is 0 Å². The number of rotatable bonds is 2. The lowest BCUT2D eigenvalue weighted by molar-refractivity contribution is 0.660. The molecule has 0 saturated heterocycles. The quantitative estimate of drug-likeness (QED) is 0.220. The van der Waals surface area contributed by atoms with Gasteiger partial charge in [-0.2, -0.15) is 0 Å².